The number of fused-ring (bicyclic) bond motifs is 9. The van der Waals surface area contributed by atoms with E-state index in [0.29, 0.717) is 53.8 Å². The first-order valence-electron chi connectivity index (χ1n) is 13.3. The molecule has 1 saturated carbocycles. The summed E-state index contributed by atoms with van der Waals surface area (Å²) in [6.07, 6.45) is 9.30. The molecule has 0 radical (unpaired) electrons. The molecule has 2 unspecified atom stereocenters. The Labute approximate surface area is 228 Å². The van der Waals surface area contributed by atoms with Crippen molar-refractivity contribution in [1.82, 2.24) is 24.3 Å². The number of aromatic nitrogens is 5. The molecule has 204 valence electrons. The second-order valence-electron chi connectivity index (χ2n) is 11.0. The van der Waals surface area contributed by atoms with Crippen molar-refractivity contribution >= 4 is 38.3 Å². The third-order valence-corrected chi connectivity index (χ3v) is 8.10. The maximum atomic E-state index is 13.6. The van der Waals surface area contributed by atoms with Crippen molar-refractivity contribution in [3.05, 3.63) is 47.8 Å². The van der Waals surface area contributed by atoms with Crippen molar-refractivity contribution in [2.75, 3.05) is 24.4 Å². The molecule has 11 heteroatoms. The van der Waals surface area contributed by atoms with Gasteiger partial charge in [0.15, 0.2) is 0 Å². The van der Waals surface area contributed by atoms with Gasteiger partial charge in [0.25, 0.3) is 5.91 Å². The lowest BCUT2D eigenvalue weighted by molar-refractivity contribution is 0.102. The quantitative estimate of drug-likeness (QED) is 0.360. The van der Waals surface area contributed by atoms with Gasteiger partial charge in [-0.05, 0) is 68.4 Å². The molecule has 6 rings (SSSR count). The Hall–Kier alpha value is -3.73. The Morgan fingerprint density at radius 3 is 2.77 bits per heavy atom. The van der Waals surface area contributed by atoms with Crippen LogP contribution >= 0.6 is 0 Å². The van der Waals surface area contributed by atoms with Gasteiger partial charge in [0, 0.05) is 47.1 Å². The number of amides is 1. The zero-order valence-corrected chi connectivity index (χ0v) is 23.5. The first-order valence-corrected chi connectivity index (χ1v) is 15.6. The van der Waals surface area contributed by atoms with Gasteiger partial charge in [-0.3, -0.25) is 15.1 Å². The number of hydrogen-bond acceptors (Lipinski definition) is 7. The first-order chi connectivity index (χ1) is 18.6. The van der Waals surface area contributed by atoms with Crippen LogP contribution in [0.5, 0.6) is 5.88 Å². The maximum Gasteiger partial charge on any atom is 0.258 e. The van der Waals surface area contributed by atoms with Gasteiger partial charge in [-0.15, -0.1) is 0 Å². The van der Waals surface area contributed by atoms with Crippen molar-refractivity contribution in [3.8, 4) is 17.1 Å². The van der Waals surface area contributed by atoms with E-state index in [1.54, 1.807) is 35.5 Å². The Morgan fingerprint density at radius 2 is 1.95 bits per heavy atom. The predicted octanol–water partition coefficient (Wildman–Crippen LogP) is 4.95. The number of rotatable bonds is 1. The van der Waals surface area contributed by atoms with Crippen molar-refractivity contribution in [3.63, 3.8) is 0 Å². The molecule has 1 aliphatic carbocycles. The van der Waals surface area contributed by atoms with Crippen LogP contribution in [0.4, 0.5) is 11.6 Å². The monoisotopic (exact) mass is 547 g/mol. The highest BCUT2D eigenvalue weighted by atomic mass is 32.2. The van der Waals surface area contributed by atoms with Crippen LogP contribution in [-0.2, 0) is 23.3 Å². The zero-order valence-electron chi connectivity index (χ0n) is 22.7. The number of hydrogen-bond donors (Lipinski definition) is 1. The molecule has 1 fully saturated rings. The SMILES string of the molecule is Cc1cc2cc(n1)-c1cnn(C)c1OCC1CCCC(C1)Cn1c(nc3ccc(N=S(C)(C)=O)cc31)NC2=O. The van der Waals surface area contributed by atoms with Crippen LogP contribution in [0.3, 0.4) is 0 Å². The molecule has 0 spiro atoms. The van der Waals surface area contributed by atoms with Gasteiger partial charge in [-0.1, -0.05) is 6.42 Å². The largest absolute Gasteiger partial charge is 0.477 e. The molecule has 4 aromatic rings. The number of aryl methyl sites for hydroxylation is 2. The highest BCUT2D eigenvalue weighted by molar-refractivity contribution is 7.92. The smallest absolute Gasteiger partial charge is 0.258 e. The van der Waals surface area contributed by atoms with Crippen LogP contribution in [0, 0.1) is 18.8 Å². The lowest BCUT2D eigenvalue weighted by Gasteiger charge is -2.30. The molecule has 10 nitrogen and oxygen atoms in total. The second kappa shape index (κ2) is 9.78. The van der Waals surface area contributed by atoms with Crippen molar-refractivity contribution in [2.45, 2.75) is 39.2 Å². The standard InChI is InChI=1S/C28H33N7O3S/c1-17-10-20-12-24(30-17)22-14-29-34(2)27(22)38-16-19-7-5-6-18(11-19)15-35-25-13-21(33-39(3,4)37)8-9-23(25)31-28(35)32-26(20)36/h8-10,12-14,18-19H,5-7,11,15-16H2,1-4H3,(H,31,32,36). The number of carbonyl (C=O) groups excluding carboxylic acids is 1. The molecule has 2 atom stereocenters. The van der Waals surface area contributed by atoms with Gasteiger partial charge < -0.3 is 9.30 Å². The molecule has 1 aliphatic heterocycles. The molecule has 0 saturated heterocycles. The molecular weight excluding hydrogens is 514 g/mol. The zero-order chi connectivity index (χ0) is 27.3. The van der Waals surface area contributed by atoms with Crippen LogP contribution in [-0.4, -0.2) is 53.6 Å². The van der Waals surface area contributed by atoms with Gasteiger partial charge in [0.05, 0.1) is 40.8 Å². The normalized spacial score (nSPS) is 19.7. The summed E-state index contributed by atoms with van der Waals surface area (Å²) in [7, 11) is -0.460. The molecule has 4 bridgehead atoms. The number of imidazole rings is 1. The third kappa shape index (κ3) is 5.27. The molecule has 1 N–H and O–H groups in total. The Balaban J connectivity index is 1.49. The van der Waals surface area contributed by atoms with Gasteiger partial charge in [0.2, 0.25) is 11.8 Å². The summed E-state index contributed by atoms with van der Waals surface area (Å²) in [5.41, 5.74) is 4.86. The minimum atomic E-state index is -2.32. The van der Waals surface area contributed by atoms with Crippen LogP contribution in [0.25, 0.3) is 22.3 Å². The Kier molecular flexibility index (Phi) is 6.41. The van der Waals surface area contributed by atoms with Crippen LogP contribution < -0.4 is 10.1 Å². The summed E-state index contributed by atoms with van der Waals surface area (Å²) in [4.78, 5) is 23.1. The van der Waals surface area contributed by atoms with Gasteiger partial charge in [-0.2, -0.15) is 9.46 Å². The lowest BCUT2D eigenvalue weighted by Crippen LogP contribution is -2.25. The van der Waals surface area contributed by atoms with E-state index in [9.17, 15) is 9.00 Å². The first kappa shape index (κ1) is 25.5. The van der Waals surface area contributed by atoms with Crippen LogP contribution in [0.15, 0.2) is 40.9 Å². The summed E-state index contributed by atoms with van der Waals surface area (Å²) in [5.74, 6) is 1.68. The van der Waals surface area contributed by atoms with E-state index in [0.717, 1.165) is 48.0 Å². The number of nitrogens with zero attached hydrogens (tertiary/aromatic N) is 6. The highest BCUT2D eigenvalue weighted by Gasteiger charge is 2.27. The topological polar surface area (TPSA) is 116 Å². The average Bonchev–Trinajstić information content (AvgIpc) is 3.40. The predicted molar refractivity (Wildman–Crippen MR) is 152 cm³/mol. The number of benzene rings is 1. The molecule has 1 aromatic carbocycles. The molecular formula is C28H33N7O3S. The van der Waals surface area contributed by atoms with Crippen molar-refractivity contribution < 1.29 is 13.7 Å². The van der Waals surface area contributed by atoms with E-state index in [1.165, 1.54) is 0 Å². The average molecular weight is 548 g/mol. The van der Waals surface area contributed by atoms with Crippen molar-refractivity contribution in [1.29, 1.82) is 0 Å². The summed E-state index contributed by atoms with van der Waals surface area (Å²) >= 11 is 0. The van der Waals surface area contributed by atoms with E-state index >= 15 is 0 Å². The number of carbonyl (C=O) groups is 1. The van der Waals surface area contributed by atoms with Gasteiger partial charge in [-0.25, -0.2) is 13.9 Å². The number of nitrogens with one attached hydrogen (secondary N) is 1. The molecule has 3 aromatic heterocycles. The van der Waals surface area contributed by atoms with Crippen LogP contribution in [0.2, 0.25) is 0 Å². The van der Waals surface area contributed by atoms with Crippen LogP contribution in [0.1, 0.15) is 41.7 Å². The molecule has 2 aliphatic rings. The van der Waals surface area contributed by atoms with E-state index < -0.39 is 9.73 Å². The molecule has 4 heterocycles. The van der Waals surface area contributed by atoms with Crippen molar-refractivity contribution in [2.24, 2.45) is 23.2 Å². The van der Waals surface area contributed by atoms with Gasteiger partial charge >= 0.3 is 0 Å². The minimum Gasteiger partial charge on any atom is -0.477 e. The number of ether oxygens (including phenoxy) is 1. The Morgan fingerprint density at radius 1 is 1.13 bits per heavy atom. The fourth-order valence-corrected chi connectivity index (χ4v) is 6.38. The molecule has 1 amide bonds. The fraction of sp³-hybridized carbons (Fsp3) is 0.429. The van der Waals surface area contributed by atoms with E-state index in [4.69, 9.17) is 14.7 Å². The van der Waals surface area contributed by atoms with E-state index in [2.05, 4.69) is 19.3 Å². The summed E-state index contributed by atoms with van der Waals surface area (Å²) in [6, 6.07) is 9.15. The highest BCUT2D eigenvalue weighted by Crippen LogP contribution is 2.36. The summed E-state index contributed by atoms with van der Waals surface area (Å²) in [6.45, 7) is 3.17. The minimum absolute atomic E-state index is 0.267. The van der Waals surface area contributed by atoms with Gasteiger partial charge in [0.1, 0.15) is 0 Å². The van der Waals surface area contributed by atoms with E-state index in [-0.39, 0.29) is 5.91 Å². The molecule has 39 heavy (non-hydrogen) atoms. The summed E-state index contributed by atoms with van der Waals surface area (Å²) < 4.78 is 27.0. The second-order valence-corrected chi connectivity index (χ2v) is 13.6. The number of anilines is 1. The fourth-order valence-electron chi connectivity index (χ4n) is 5.76. The number of pyridine rings is 1. The lowest BCUT2D eigenvalue weighted by atomic mass is 9.81. The summed E-state index contributed by atoms with van der Waals surface area (Å²) in [5, 5.41) is 7.49. The Bertz CT molecular complexity index is 1710. The maximum absolute atomic E-state index is 13.6. The van der Waals surface area contributed by atoms with E-state index in [1.807, 2.05) is 32.2 Å². The third-order valence-electron chi connectivity index (χ3n) is 7.45.